The number of aryl methyl sites for hydroxylation is 2. The van der Waals surface area contributed by atoms with Crippen LogP contribution >= 0.6 is 11.3 Å². The number of thiazole rings is 1. The molecular weight excluding hydrogens is 971 g/mol. The molecule has 3 atom stereocenters. The van der Waals surface area contributed by atoms with Crippen molar-refractivity contribution < 1.29 is 29.1 Å². The highest BCUT2D eigenvalue weighted by atomic mass is 32.1. The average Bonchev–Trinajstić information content (AvgIpc) is 4.18. The predicted molar refractivity (Wildman–Crippen MR) is 291 cm³/mol. The molecule has 2 aliphatic heterocycles. The molecule has 400 valence electrons. The fourth-order valence-corrected chi connectivity index (χ4v) is 11.5. The van der Waals surface area contributed by atoms with Gasteiger partial charge in [-0.1, -0.05) is 83.6 Å². The lowest BCUT2D eigenvalue weighted by molar-refractivity contribution is -0.144. The SMILES string of the molecule is CC(=O)c1c(C)c2cnc(Nc3ccc(N4CCN(C(=O)CCCCCCCCC(=O)N[C@H](C(=O)N5C[C@H](O)C[C@H]5C(=O)NCc5ccc(-c6scnc6C)cc5)C(C)(C)C)CC4)cn3)nc2n(C2CCCC2)c1=O. The van der Waals surface area contributed by atoms with Crippen molar-refractivity contribution in [2.24, 2.45) is 5.41 Å². The smallest absolute Gasteiger partial charge is 0.263 e. The van der Waals surface area contributed by atoms with E-state index >= 15 is 0 Å². The van der Waals surface area contributed by atoms with Gasteiger partial charge in [-0.15, -0.1) is 11.3 Å². The van der Waals surface area contributed by atoms with Gasteiger partial charge in [0.25, 0.3) is 5.56 Å². The molecular formula is C56H73N11O7S. The van der Waals surface area contributed by atoms with Crippen molar-refractivity contribution in [3.63, 3.8) is 0 Å². The van der Waals surface area contributed by atoms with E-state index in [1.807, 2.05) is 74.5 Å². The molecule has 18 nitrogen and oxygen atoms in total. The van der Waals surface area contributed by atoms with Gasteiger partial charge in [0.2, 0.25) is 29.6 Å². The number of aliphatic hydroxyl groups is 1. The zero-order valence-electron chi connectivity index (χ0n) is 44.3. The number of likely N-dealkylation sites (tertiary alicyclic amines) is 1. The molecule has 2 saturated heterocycles. The van der Waals surface area contributed by atoms with Gasteiger partial charge in [-0.05, 0) is 80.7 Å². The van der Waals surface area contributed by atoms with Gasteiger partial charge >= 0.3 is 0 Å². The number of amides is 4. The summed E-state index contributed by atoms with van der Waals surface area (Å²) < 4.78 is 1.70. The summed E-state index contributed by atoms with van der Waals surface area (Å²) in [7, 11) is 0. The maximum Gasteiger partial charge on any atom is 0.263 e. The Labute approximate surface area is 443 Å². The van der Waals surface area contributed by atoms with Crippen molar-refractivity contribution in [2.75, 3.05) is 42.9 Å². The second-order valence-corrected chi connectivity index (χ2v) is 22.4. The molecule has 1 aromatic carbocycles. The Bertz CT molecular complexity index is 2900. The summed E-state index contributed by atoms with van der Waals surface area (Å²) in [5.74, 6) is -0.174. The van der Waals surface area contributed by atoms with Crippen LogP contribution in [0, 0.1) is 19.3 Å². The topological polar surface area (TPSA) is 225 Å². The molecule has 1 aliphatic carbocycles. The molecule has 0 radical (unpaired) electrons. The number of carbonyl (C=O) groups is 5. The van der Waals surface area contributed by atoms with Gasteiger partial charge in [-0.2, -0.15) is 4.98 Å². The van der Waals surface area contributed by atoms with Crippen LogP contribution in [0.5, 0.6) is 0 Å². The predicted octanol–water partition coefficient (Wildman–Crippen LogP) is 7.57. The number of benzene rings is 1. The van der Waals surface area contributed by atoms with Crippen LogP contribution in [0.4, 0.5) is 17.5 Å². The van der Waals surface area contributed by atoms with E-state index in [-0.39, 0.29) is 72.5 Å². The van der Waals surface area contributed by atoms with Crippen LogP contribution in [0.15, 0.2) is 59.1 Å². The normalized spacial score (nSPS) is 17.6. The van der Waals surface area contributed by atoms with Crippen molar-refractivity contribution >= 4 is 69.2 Å². The molecule has 8 rings (SSSR count). The fraction of sp³-hybridized carbons (Fsp3) is 0.536. The van der Waals surface area contributed by atoms with Crippen LogP contribution in [0.25, 0.3) is 21.5 Å². The Morgan fingerprint density at radius 3 is 2.19 bits per heavy atom. The maximum absolute atomic E-state index is 14.1. The third-order valence-electron chi connectivity index (χ3n) is 15.0. The first kappa shape index (κ1) is 54.7. The Balaban J connectivity index is 0.716. The summed E-state index contributed by atoms with van der Waals surface area (Å²) in [5.41, 5.74) is 6.09. The number of Topliss-reactive ketones (excluding diaryl/α,β-unsaturated/α-hetero) is 1. The number of anilines is 3. The number of unbranched alkanes of at least 4 members (excludes halogenated alkanes) is 5. The molecule has 5 aromatic rings. The van der Waals surface area contributed by atoms with Crippen LogP contribution in [-0.4, -0.2) is 120 Å². The van der Waals surface area contributed by atoms with Gasteiger partial charge < -0.3 is 35.8 Å². The lowest BCUT2D eigenvalue weighted by Gasteiger charge is -2.36. The number of nitrogens with zero attached hydrogens (tertiary/aromatic N) is 8. The van der Waals surface area contributed by atoms with E-state index in [0.717, 1.165) is 85.2 Å². The highest BCUT2D eigenvalue weighted by Gasteiger charge is 2.44. The molecule has 1 saturated carbocycles. The number of hydrogen-bond acceptors (Lipinski definition) is 14. The Kier molecular flexibility index (Phi) is 17.8. The number of pyridine rings is 2. The third kappa shape index (κ3) is 13.3. The molecule has 0 spiro atoms. The lowest BCUT2D eigenvalue weighted by atomic mass is 9.85. The average molecular weight is 1040 g/mol. The lowest BCUT2D eigenvalue weighted by Crippen LogP contribution is -2.57. The van der Waals surface area contributed by atoms with Gasteiger partial charge in [0.15, 0.2) is 5.78 Å². The van der Waals surface area contributed by atoms with Crippen LogP contribution in [0.2, 0.25) is 0 Å². The molecule has 4 N–H and O–H groups in total. The molecule has 19 heteroatoms. The highest BCUT2D eigenvalue weighted by molar-refractivity contribution is 7.13. The van der Waals surface area contributed by atoms with Crippen molar-refractivity contribution in [2.45, 2.75) is 156 Å². The number of hydrogen-bond donors (Lipinski definition) is 4. The number of nitrogens with one attached hydrogen (secondary N) is 3. The minimum Gasteiger partial charge on any atom is -0.391 e. The number of aliphatic hydroxyl groups excluding tert-OH is 1. The van der Waals surface area contributed by atoms with E-state index in [9.17, 15) is 33.9 Å². The first-order valence-electron chi connectivity index (χ1n) is 26.7. The van der Waals surface area contributed by atoms with Crippen molar-refractivity contribution in [1.82, 2.24) is 44.9 Å². The number of fused-ring (bicyclic) bond motifs is 1. The molecule has 3 fully saturated rings. The summed E-state index contributed by atoms with van der Waals surface area (Å²) in [6.07, 6.45) is 12.4. The van der Waals surface area contributed by atoms with E-state index in [1.165, 1.54) is 11.8 Å². The molecule has 3 aliphatic rings. The van der Waals surface area contributed by atoms with Gasteiger partial charge in [-0.25, -0.2) is 15.0 Å². The van der Waals surface area contributed by atoms with Crippen molar-refractivity contribution in [3.8, 4) is 10.4 Å². The number of ketones is 1. The molecule has 4 amide bonds. The van der Waals surface area contributed by atoms with Crippen LogP contribution in [0.3, 0.4) is 0 Å². The molecule has 4 aromatic heterocycles. The first-order chi connectivity index (χ1) is 36.0. The largest absolute Gasteiger partial charge is 0.391 e. The monoisotopic (exact) mass is 1040 g/mol. The van der Waals surface area contributed by atoms with E-state index in [0.29, 0.717) is 67.4 Å². The van der Waals surface area contributed by atoms with Gasteiger partial charge in [0.1, 0.15) is 23.5 Å². The van der Waals surface area contributed by atoms with Gasteiger partial charge in [0, 0.05) is 76.2 Å². The van der Waals surface area contributed by atoms with Crippen molar-refractivity contribution in [3.05, 3.63) is 87.0 Å². The number of rotatable bonds is 20. The second-order valence-electron chi connectivity index (χ2n) is 21.6. The minimum absolute atomic E-state index is 0.0121. The Morgan fingerprint density at radius 2 is 1.55 bits per heavy atom. The van der Waals surface area contributed by atoms with E-state index in [1.54, 1.807) is 35.2 Å². The van der Waals surface area contributed by atoms with E-state index in [4.69, 9.17) is 4.98 Å². The summed E-state index contributed by atoms with van der Waals surface area (Å²) in [4.78, 5) is 105. The van der Waals surface area contributed by atoms with Crippen LogP contribution in [0.1, 0.15) is 144 Å². The number of piperazine rings is 1. The highest BCUT2D eigenvalue weighted by Crippen LogP contribution is 2.33. The maximum atomic E-state index is 14.1. The Hall–Kier alpha value is -6.60. The van der Waals surface area contributed by atoms with Gasteiger partial charge in [0.05, 0.1) is 39.6 Å². The fourth-order valence-electron chi connectivity index (χ4n) is 10.7. The second kappa shape index (κ2) is 24.4. The summed E-state index contributed by atoms with van der Waals surface area (Å²) in [6, 6.07) is 10.0. The Morgan fingerprint density at radius 1 is 0.853 bits per heavy atom. The zero-order valence-corrected chi connectivity index (χ0v) is 45.1. The standard InChI is InChI=1S/C56H73N11O7S/c1-35-43-32-59-55(63-51(43)67(40-15-13-14-16-40)53(73)48(35)37(3)68)61-45-24-23-41(31-57-45)64-25-27-65(28-26-64)47(71)18-12-10-8-7-9-11-17-46(70)62-50(56(4,5)6)54(74)66-33-42(69)29-44(66)52(72)58-30-38-19-21-39(22-20-38)49-36(2)60-34-75-49/h19-24,31-32,34,40,42,44,50,69H,7-18,25-30,33H2,1-6H3,(H,58,72)(H,62,70)(H,57,59,61,63)/t42-,44+,50-/m1/s1. The van der Waals surface area contributed by atoms with E-state index in [2.05, 4.69) is 35.8 Å². The molecule has 0 bridgehead atoms. The number of β-amino-alcohol motifs (C(OH)–C–C–N with tert-alkyl or cyclic N) is 1. The summed E-state index contributed by atoms with van der Waals surface area (Å²) in [6.45, 7) is 13.8. The quantitative estimate of drug-likeness (QED) is 0.0437. The van der Waals surface area contributed by atoms with Crippen LogP contribution in [-0.2, 0) is 25.7 Å². The number of aromatic nitrogens is 5. The van der Waals surface area contributed by atoms with E-state index < -0.39 is 23.6 Å². The zero-order chi connectivity index (χ0) is 53.4. The molecule has 75 heavy (non-hydrogen) atoms. The first-order valence-corrected chi connectivity index (χ1v) is 27.6. The molecule has 0 unspecified atom stereocenters. The third-order valence-corrected chi connectivity index (χ3v) is 16.0. The summed E-state index contributed by atoms with van der Waals surface area (Å²) >= 11 is 1.58. The van der Waals surface area contributed by atoms with Crippen molar-refractivity contribution in [1.29, 1.82) is 0 Å². The summed E-state index contributed by atoms with van der Waals surface area (Å²) in [5, 5.41) is 20.4. The van der Waals surface area contributed by atoms with Crippen LogP contribution < -0.4 is 26.4 Å². The molecule has 6 heterocycles. The van der Waals surface area contributed by atoms with Gasteiger partial charge in [-0.3, -0.25) is 33.3 Å². The number of carbonyl (C=O) groups excluding carboxylic acids is 5. The minimum atomic E-state index is -0.874.